The molecule has 0 aromatic heterocycles. The summed E-state index contributed by atoms with van der Waals surface area (Å²) in [5.41, 5.74) is 0.818. The van der Waals surface area contributed by atoms with Crippen LogP contribution < -0.4 is 10.0 Å². The molecular weight excluding hydrogens is 442 g/mol. The summed E-state index contributed by atoms with van der Waals surface area (Å²) in [7, 11) is -4.34. The number of benzene rings is 2. The van der Waals surface area contributed by atoms with Gasteiger partial charge in [0.1, 0.15) is 22.6 Å². The fourth-order valence-electron chi connectivity index (χ4n) is 2.78. The highest BCUT2D eigenvalue weighted by Crippen LogP contribution is 2.16. The number of carbonyl (C=O) groups excluding carboxylic acids is 2. The number of carbonyl (C=O) groups is 2. The molecule has 1 amide bonds. The van der Waals surface area contributed by atoms with E-state index in [1.165, 1.54) is 31.2 Å². The zero-order valence-electron chi connectivity index (χ0n) is 18.0. The van der Waals surface area contributed by atoms with Crippen molar-refractivity contribution in [3.63, 3.8) is 0 Å². The number of esters is 1. The monoisotopic (exact) mass is 468 g/mol. The summed E-state index contributed by atoms with van der Waals surface area (Å²) in [6, 6.07) is 9.28. The van der Waals surface area contributed by atoms with E-state index >= 15 is 0 Å². The second-order valence-electron chi connectivity index (χ2n) is 7.52. The maximum Gasteiger partial charge on any atom is 0.325 e. The zero-order chi connectivity index (χ0) is 23.9. The third kappa shape index (κ3) is 7.10. The largest absolute Gasteiger partial charge is 0.451 e. The van der Waals surface area contributed by atoms with E-state index < -0.39 is 50.7 Å². The summed E-state index contributed by atoms with van der Waals surface area (Å²) in [6.07, 6.45) is -0.737. The molecule has 174 valence electrons. The minimum absolute atomic E-state index is 0.236. The lowest BCUT2D eigenvalue weighted by atomic mass is 10.1. The molecule has 0 saturated heterocycles. The third-order valence-electron chi connectivity index (χ3n) is 4.62. The van der Waals surface area contributed by atoms with Crippen LogP contribution in [0, 0.1) is 17.6 Å². The van der Waals surface area contributed by atoms with Gasteiger partial charge in [0.15, 0.2) is 6.10 Å². The fraction of sp³-hybridized carbons (Fsp3) is 0.364. The number of sulfonamides is 1. The van der Waals surface area contributed by atoms with E-state index in [9.17, 15) is 26.8 Å². The topological polar surface area (TPSA) is 102 Å². The first-order valence-electron chi connectivity index (χ1n) is 10.0. The van der Waals surface area contributed by atoms with E-state index in [2.05, 4.69) is 10.0 Å². The van der Waals surface area contributed by atoms with Gasteiger partial charge in [0, 0.05) is 6.54 Å². The Morgan fingerprint density at radius 1 is 1.00 bits per heavy atom. The average molecular weight is 469 g/mol. The molecule has 2 N–H and O–H groups in total. The molecule has 0 aliphatic heterocycles. The van der Waals surface area contributed by atoms with Crippen LogP contribution in [0.1, 0.15) is 26.3 Å². The van der Waals surface area contributed by atoms with E-state index in [0.29, 0.717) is 6.42 Å². The fourth-order valence-corrected chi connectivity index (χ4v) is 4.19. The van der Waals surface area contributed by atoms with Crippen molar-refractivity contribution < 1.29 is 31.5 Å². The molecule has 2 rings (SSSR count). The van der Waals surface area contributed by atoms with Crippen molar-refractivity contribution in [2.24, 2.45) is 5.92 Å². The summed E-state index contributed by atoms with van der Waals surface area (Å²) in [4.78, 5) is 24.2. The Kier molecular flexibility index (Phi) is 8.85. The Labute approximate surface area is 186 Å². The van der Waals surface area contributed by atoms with Gasteiger partial charge < -0.3 is 10.1 Å². The normalized spacial score (nSPS) is 13.4. The van der Waals surface area contributed by atoms with Gasteiger partial charge in [-0.25, -0.2) is 17.2 Å². The minimum Gasteiger partial charge on any atom is -0.451 e. The number of hydrogen-bond acceptors (Lipinski definition) is 5. The molecule has 2 aromatic carbocycles. The lowest BCUT2D eigenvalue weighted by Crippen LogP contribution is -2.47. The highest BCUT2D eigenvalue weighted by Gasteiger charge is 2.32. The van der Waals surface area contributed by atoms with Crippen LogP contribution in [-0.4, -0.2) is 39.0 Å². The highest BCUT2D eigenvalue weighted by molar-refractivity contribution is 7.89. The van der Waals surface area contributed by atoms with Crippen molar-refractivity contribution in [1.29, 1.82) is 0 Å². The molecule has 0 fully saturated rings. The Hall–Kier alpha value is -2.85. The smallest absolute Gasteiger partial charge is 0.325 e. The standard InChI is InChI=1S/C22H26F2N2O5S/c1-14(2)20(26-32(29,30)19-7-5-4-6-18(19)24)22(28)31-15(3)21(27)25-13-12-16-8-10-17(23)11-9-16/h4-11,14-15,20,26H,12-13H2,1-3H3,(H,25,27)/t15?,20-/m0/s1. The van der Waals surface area contributed by atoms with E-state index in [4.69, 9.17) is 4.74 Å². The molecule has 7 nitrogen and oxygen atoms in total. The van der Waals surface area contributed by atoms with Crippen LogP contribution in [0.3, 0.4) is 0 Å². The van der Waals surface area contributed by atoms with Crippen molar-refractivity contribution in [1.82, 2.24) is 10.0 Å². The van der Waals surface area contributed by atoms with Gasteiger partial charge >= 0.3 is 5.97 Å². The van der Waals surface area contributed by atoms with Crippen molar-refractivity contribution in [2.75, 3.05) is 6.54 Å². The number of halogens is 2. The van der Waals surface area contributed by atoms with Crippen LogP contribution in [0.2, 0.25) is 0 Å². The van der Waals surface area contributed by atoms with Crippen molar-refractivity contribution in [3.05, 3.63) is 65.7 Å². The van der Waals surface area contributed by atoms with E-state index in [1.807, 2.05) is 0 Å². The highest BCUT2D eigenvalue weighted by atomic mass is 32.2. The lowest BCUT2D eigenvalue weighted by Gasteiger charge is -2.23. The molecular formula is C22H26F2N2O5S. The predicted molar refractivity (Wildman–Crippen MR) is 114 cm³/mol. The number of ether oxygens (including phenoxy) is 1. The summed E-state index contributed by atoms with van der Waals surface area (Å²) in [6.45, 7) is 4.76. The van der Waals surface area contributed by atoms with E-state index in [0.717, 1.165) is 17.7 Å². The zero-order valence-corrected chi connectivity index (χ0v) is 18.8. The molecule has 0 aliphatic rings. The van der Waals surface area contributed by atoms with Gasteiger partial charge in [-0.1, -0.05) is 38.1 Å². The Morgan fingerprint density at radius 3 is 2.22 bits per heavy atom. The van der Waals surface area contributed by atoms with Crippen LogP contribution in [0.25, 0.3) is 0 Å². The van der Waals surface area contributed by atoms with Crippen LogP contribution in [-0.2, 0) is 30.8 Å². The number of nitrogens with one attached hydrogen (secondary N) is 2. The number of hydrogen-bond donors (Lipinski definition) is 2. The second-order valence-corrected chi connectivity index (χ2v) is 9.20. The summed E-state index contributed by atoms with van der Waals surface area (Å²) in [5.74, 6) is -3.37. The first kappa shape index (κ1) is 25.4. The Bertz CT molecular complexity index is 1040. The van der Waals surface area contributed by atoms with Gasteiger partial charge in [0.25, 0.3) is 5.91 Å². The van der Waals surface area contributed by atoms with Crippen molar-refractivity contribution in [3.8, 4) is 0 Å². The molecule has 0 spiro atoms. The molecule has 0 bridgehead atoms. The SMILES string of the molecule is CC(OC(=O)[C@@H](NS(=O)(=O)c1ccccc1F)C(C)C)C(=O)NCCc1ccc(F)cc1. The first-order chi connectivity index (χ1) is 15.0. The summed E-state index contributed by atoms with van der Waals surface area (Å²) >= 11 is 0. The molecule has 1 unspecified atom stereocenters. The second kappa shape index (κ2) is 11.1. The summed E-state index contributed by atoms with van der Waals surface area (Å²) < 4.78 is 59.2. The van der Waals surface area contributed by atoms with Crippen LogP contribution in [0.15, 0.2) is 53.4 Å². The van der Waals surface area contributed by atoms with Gasteiger partial charge in [0.05, 0.1) is 0 Å². The maximum atomic E-state index is 13.9. The summed E-state index contributed by atoms with van der Waals surface area (Å²) in [5, 5.41) is 2.60. The van der Waals surface area contributed by atoms with E-state index in [1.54, 1.807) is 26.0 Å². The van der Waals surface area contributed by atoms with Gasteiger partial charge in [-0.15, -0.1) is 0 Å². The molecule has 0 saturated carbocycles. The molecule has 10 heteroatoms. The molecule has 0 radical (unpaired) electrons. The first-order valence-corrected chi connectivity index (χ1v) is 11.5. The molecule has 0 heterocycles. The predicted octanol–water partition coefficient (Wildman–Crippen LogP) is 2.56. The van der Waals surface area contributed by atoms with Gasteiger partial charge in [-0.05, 0) is 49.1 Å². The third-order valence-corrected chi connectivity index (χ3v) is 6.09. The van der Waals surface area contributed by atoms with Gasteiger partial charge in [-0.3, -0.25) is 9.59 Å². The van der Waals surface area contributed by atoms with E-state index in [-0.39, 0.29) is 12.4 Å². The maximum absolute atomic E-state index is 13.9. The van der Waals surface area contributed by atoms with Crippen LogP contribution in [0.4, 0.5) is 8.78 Å². The molecule has 0 aliphatic carbocycles. The van der Waals surface area contributed by atoms with Crippen LogP contribution >= 0.6 is 0 Å². The molecule has 2 atom stereocenters. The number of amides is 1. The molecule has 32 heavy (non-hydrogen) atoms. The quantitative estimate of drug-likeness (QED) is 0.522. The van der Waals surface area contributed by atoms with Gasteiger partial charge in [-0.2, -0.15) is 4.72 Å². The average Bonchev–Trinajstić information content (AvgIpc) is 2.73. The molecule has 2 aromatic rings. The minimum atomic E-state index is -4.34. The lowest BCUT2D eigenvalue weighted by molar-refractivity contribution is -0.157. The Morgan fingerprint density at radius 2 is 1.62 bits per heavy atom. The van der Waals surface area contributed by atoms with Crippen molar-refractivity contribution >= 4 is 21.9 Å². The number of rotatable bonds is 10. The van der Waals surface area contributed by atoms with Crippen LogP contribution in [0.5, 0.6) is 0 Å². The van der Waals surface area contributed by atoms with Gasteiger partial charge in [0.2, 0.25) is 10.0 Å². The Balaban J connectivity index is 1.95. The van der Waals surface area contributed by atoms with Crippen molar-refractivity contribution in [2.45, 2.75) is 44.2 Å².